The Morgan fingerprint density at radius 3 is 2.60 bits per heavy atom. The molecule has 1 rings (SSSR count). The number of hydrogen-bond donors (Lipinski definition) is 1. The first-order chi connectivity index (χ1) is 9.42. The van der Waals surface area contributed by atoms with Crippen LogP contribution in [0.5, 0.6) is 0 Å². The van der Waals surface area contributed by atoms with Crippen molar-refractivity contribution in [2.45, 2.75) is 32.7 Å². The van der Waals surface area contributed by atoms with Crippen LogP contribution in [0.25, 0.3) is 0 Å². The van der Waals surface area contributed by atoms with Crippen molar-refractivity contribution in [2.75, 3.05) is 7.11 Å². The zero-order valence-corrected chi connectivity index (χ0v) is 12.7. The minimum Gasteiger partial charge on any atom is -0.467 e. The van der Waals surface area contributed by atoms with Crippen molar-refractivity contribution in [2.24, 2.45) is 5.92 Å². The molecule has 1 aromatic carbocycles. The van der Waals surface area contributed by atoms with Gasteiger partial charge in [-0.15, -0.1) is 0 Å². The fourth-order valence-corrected chi connectivity index (χ4v) is 2.12. The van der Waals surface area contributed by atoms with Gasteiger partial charge in [0.15, 0.2) is 0 Å². The number of hydrogen-bond acceptors (Lipinski definition) is 3. The van der Waals surface area contributed by atoms with Crippen molar-refractivity contribution in [1.82, 2.24) is 5.32 Å². The van der Waals surface area contributed by atoms with E-state index in [2.05, 4.69) is 5.32 Å². The van der Waals surface area contributed by atoms with E-state index in [4.69, 9.17) is 16.3 Å². The highest BCUT2D eigenvalue weighted by Gasteiger charge is 2.22. The number of ether oxygens (including phenoxy) is 1. The number of carbonyl (C=O) groups excluding carboxylic acids is 2. The highest BCUT2D eigenvalue weighted by atomic mass is 35.5. The molecule has 1 atom stereocenters. The van der Waals surface area contributed by atoms with Gasteiger partial charge in [-0.05, 0) is 30.0 Å². The maximum absolute atomic E-state index is 12.0. The van der Waals surface area contributed by atoms with E-state index in [1.54, 1.807) is 18.2 Å². The largest absolute Gasteiger partial charge is 0.467 e. The molecule has 0 bridgehead atoms. The molecular weight excluding hydrogens is 278 g/mol. The van der Waals surface area contributed by atoms with Crippen LogP contribution < -0.4 is 5.32 Å². The topological polar surface area (TPSA) is 55.4 Å². The third-order valence-corrected chi connectivity index (χ3v) is 3.02. The maximum atomic E-state index is 12.0. The molecule has 0 radical (unpaired) electrons. The monoisotopic (exact) mass is 297 g/mol. The minimum atomic E-state index is -0.605. The van der Waals surface area contributed by atoms with Gasteiger partial charge in [0.05, 0.1) is 13.5 Å². The number of methoxy groups -OCH3 is 1. The molecule has 0 spiro atoms. The molecule has 0 aliphatic heterocycles. The number of halogens is 1. The van der Waals surface area contributed by atoms with Gasteiger partial charge in [-0.25, -0.2) is 4.79 Å². The predicted octanol–water partition coefficient (Wildman–Crippen LogP) is 2.59. The normalized spacial score (nSPS) is 12.1. The molecule has 1 aromatic rings. The van der Waals surface area contributed by atoms with Crippen molar-refractivity contribution in [1.29, 1.82) is 0 Å². The summed E-state index contributed by atoms with van der Waals surface area (Å²) in [6.07, 6.45) is 0.736. The molecule has 0 saturated carbocycles. The first kappa shape index (κ1) is 16.5. The molecule has 0 unspecified atom stereocenters. The van der Waals surface area contributed by atoms with E-state index in [1.165, 1.54) is 7.11 Å². The molecule has 0 saturated heterocycles. The summed E-state index contributed by atoms with van der Waals surface area (Å²) in [4.78, 5) is 23.6. The fraction of sp³-hybridized carbons (Fsp3) is 0.467. The lowest BCUT2D eigenvalue weighted by atomic mass is 10.0. The Morgan fingerprint density at radius 2 is 2.05 bits per heavy atom. The number of amides is 1. The predicted molar refractivity (Wildman–Crippen MR) is 78.6 cm³/mol. The summed E-state index contributed by atoms with van der Waals surface area (Å²) >= 11 is 5.87. The van der Waals surface area contributed by atoms with E-state index in [0.29, 0.717) is 11.4 Å². The molecule has 0 heterocycles. The highest BCUT2D eigenvalue weighted by molar-refractivity contribution is 6.30. The van der Waals surface area contributed by atoms with Crippen LogP contribution in [0.4, 0.5) is 0 Å². The first-order valence-corrected chi connectivity index (χ1v) is 6.91. The Kier molecular flexibility index (Phi) is 6.52. The van der Waals surface area contributed by atoms with E-state index < -0.39 is 12.0 Å². The van der Waals surface area contributed by atoms with Gasteiger partial charge in [0.1, 0.15) is 6.04 Å². The molecule has 20 heavy (non-hydrogen) atoms. The molecular formula is C15H20ClNO3. The van der Waals surface area contributed by atoms with Crippen LogP contribution in [0.2, 0.25) is 5.02 Å². The molecule has 0 aromatic heterocycles. The number of esters is 1. The van der Waals surface area contributed by atoms with Crippen LogP contribution in [0, 0.1) is 5.92 Å². The van der Waals surface area contributed by atoms with Crippen LogP contribution in [0.15, 0.2) is 24.3 Å². The van der Waals surface area contributed by atoms with Crippen LogP contribution >= 0.6 is 11.6 Å². The summed E-state index contributed by atoms with van der Waals surface area (Å²) in [6.45, 7) is 3.97. The number of carbonyl (C=O) groups is 2. The second kappa shape index (κ2) is 7.90. The lowest BCUT2D eigenvalue weighted by molar-refractivity contribution is -0.145. The summed E-state index contributed by atoms with van der Waals surface area (Å²) < 4.78 is 4.71. The molecule has 0 aliphatic carbocycles. The Morgan fingerprint density at radius 1 is 1.35 bits per heavy atom. The van der Waals surface area contributed by atoms with Crippen LogP contribution in [0.3, 0.4) is 0 Å². The van der Waals surface area contributed by atoms with Crippen LogP contribution in [-0.4, -0.2) is 25.0 Å². The minimum absolute atomic E-state index is 0.187. The van der Waals surface area contributed by atoms with E-state index in [9.17, 15) is 9.59 Å². The maximum Gasteiger partial charge on any atom is 0.328 e. The van der Waals surface area contributed by atoms with Crippen molar-refractivity contribution >= 4 is 23.5 Å². The molecule has 5 heteroatoms. The fourth-order valence-electron chi connectivity index (χ4n) is 1.91. The lowest BCUT2D eigenvalue weighted by Gasteiger charge is -2.18. The number of nitrogens with one attached hydrogen (secondary N) is 1. The van der Waals surface area contributed by atoms with Gasteiger partial charge < -0.3 is 10.1 Å². The summed E-state index contributed by atoms with van der Waals surface area (Å²) in [7, 11) is 1.32. The van der Waals surface area contributed by atoms with E-state index in [-0.39, 0.29) is 18.2 Å². The second-order valence-corrected chi connectivity index (χ2v) is 5.52. The molecule has 0 aliphatic rings. The summed E-state index contributed by atoms with van der Waals surface area (Å²) in [5.74, 6) is -0.355. The Bertz CT molecular complexity index is 474. The van der Waals surface area contributed by atoms with Crippen molar-refractivity contribution in [3.63, 3.8) is 0 Å². The molecule has 110 valence electrons. The van der Waals surface area contributed by atoms with Gasteiger partial charge in [-0.2, -0.15) is 0 Å². The Hall–Kier alpha value is -1.55. The zero-order chi connectivity index (χ0) is 15.1. The van der Waals surface area contributed by atoms with Crippen molar-refractivity contribution < 1.29 is 14.3 Å². The summed E-state index contributed by atoms with van der Waals surface area (Å²) in [5, 5.41) is 3.30. The van der Waals surface area contributed by atoms with Crippen molar-refractivity contribution in [3.05, 3.63) is 34.9 Å². The Labute approximate surface area is 124 Å². The first-order valence-electron chi connectivity index (χ1n) is 6.54. The molecule has 1 amide bonds. The zero-order valence-electron chi connectivity index (χ0n) is 12.0. The summed E-state index contributed by atoms with van der Waals surface area (Å²) in [6, 6.07) is 6.49. The van der Waals surface area contributed by atoms with Gasteiger partial charge in [-0.3, -0.25) is 4.79 Å². The third-order valence-electron chi connectivity index (χ3n) is 2.78. The van der Waals surface area contributed by atoms with Gasteiger partial charge in [0.25, 0.3) is 0 Å². The van der Waals surface area contributed by atoms with Gasteiger partial charge in [0.2, 0.25) is 5.91 Å². The Balaban J connectivity index is 2.64. The average Bonchev–Trinajstić information content (AvgIpc) is 2.36. The third kappa shape index (κ3) is 5.61. The van der Waals surface area contributed by atoms with E-state index >= 15 is 0 Å². The quantitative estimate of drug-likeness (QED) is 0.821. The smallest absolute Gasteiger partial charge is 0.328 e. The second-order valence-electron chi connectivity index (χ2n) is 5.08. The molecule has 4 nitrogen and oxygen atoms in total. The average molecular weight is 298 g/mol. The number of rotatable bonds is 6. The van der Waals surface area contributed by atoms with Gasteiger partial charge in [-0.1, -0.05) is 37.6 Å². The number of benzene rings is 1. The summed E-state index contributed by atoms with van der Waals surface area (Å²) in [5.41, 5.74) is 0.808. The molecule has 0 fully saturated rings. The lowest BCUT2D eigenvalue weighted by Crippen LogP contribution is -2.43. The van der Waals surface area contributed by atoms with E-state index in [0.717, 1.165) is 5.56 Å². The molecule has 1 N–H and O–H groups in total. The SMILES string of the molecule is COC(=O)[C@H](CC(C)C)NC(=O)Cc1cccc(Cl)c1. The van der Waals surface area contributed by atoms with Crippen molar-refractivity contribution in [3.8, 4) is 0 Å². The van der Waals surface area contributed by atoms with Crippen LogP contribution in [-0.2, 0) is 20.7 Å². The highest BCUT2D eigenvalue weighted by Crippen LogP contribution is 2.12. The van der Waals surface area contributed by atoms with Gasteiger partial charge in [0, 0.05) is 5.02 Å². The van der Waals surface area contributed by atoms with Gasteiger partial charge >= 0.3 is 5.97 Å². The van der Waals surface area contributed by atoms with Crippen LogP contribution in [0.1, 0.15) is 25.8 Å². The van der Waals surface area contributed by atoms with E-state index in [1.807, 2.05) is 19.9 Å². The standard InChI is InChI=1S/C15H20ClNO3/c1-10(2)7-13(15(19)20-3)17-14(18)9-11-5-4-6-12(16)8-11/h4-6,8,10,13H,7,9H2,1-3H3,(H,17,18)/t13-/m0/s1.